The lowest BCUT2D eigenvalue weighted by Gasteiger charge is -2.17. The molecule has 0 aliphatic carbocycles. The molecule has 0 aliphatic rings. The van der Waals surface area contributed by atoms with E-state index in [9.17, 15) is 0 Å². The average Bonchev–Trinajstić information content (AvgIpc) is 2.76. The summed E-state index contributed by atoms with van der Waals surface area (Å²) < 4.78 is 2.02. The number of nitrogen functional groups attached to an aromatic ring is 1. The Balaban J connectivity index is 2.28. The van der Waals surface area contributed by atoms with Crippen LogP contribution in [0.2, 0.25) is 0 Å². The van der Waals surface area contributed by atoms with Gasteiger partial charge in [-0.3, -0.25) is 0 Å². The number of rotatable bonds is 2. The maximum absolute atomic E-state index is 6.28. The van der Waals surface area contributed by atoms with E-state index < -0.39 is 0 Å². The molecule has 0 saturated carbocycles. The molecule has 3 nitrogen and oxygen atoms in total. The summed E-state index contributed by atoms with van der Waals surface area (Å²) in [6, 6.07) is 16.5. The van der Waals surface area contributed by atoms with Crippen LogP contribution in [0.25, 0.3) is 16.6 Å². The fourth-order valence-corrected chi connectivity index (χ4v) is 2.45. The van der Waals surface area contributed by atoms with Crippen LogP contribution in [-0.2, 0) is 0 Å². The van der Waals surface area contributed by atoms with Crippen molar-refractivity contribution >= 4 is 17.0 Å². The summed E-state index contributed by atoms with van der Waals surface area (Å²) in [6.45, 7) is 0. The van der Waals surface area contributed by atoms with Gasteiger partial charge in [-0.25, -0.2) is 0 Å². The zero-order valence-corrected chi connectivity index (χ0v) is 11.2. The Morgan fingerprint density at radius 2 is 1.68 bits per heavy atom. The Hall–Kier alpha value is -2.42. The third-order valence-electron chi connectivity index (χ3n) is 3.40. The number of fused-ring (bicyclic) bond motifs is 1. The zero-order valence-electron chi connectivity index (χ0n) is 11.2. The van der Waals surface area contributed by atoms with Gasteiger partial charge in [0.25, 0.3) is 0 Å². The van der Waals surface area contributed by atoms with Crippen LogP contribution in [-0.4, -0.2) is 18.5 Å². The molecule has 0 atom stereocenters. The van der Waals surface area contributed by atoms with Crippen LogP contribution in [0.1, 0.15) is 0 Å². The van der Waals surface area contributed by atoms with E-state index in [1.54, 1.807) is 0 Å². The van der Waals surface area contributed by atoms with Gasteiger partial charge < -0.3 is 15.0 Å². The van der Waals surface area contributed by atoms with E-state index in [1.165, 1.54) is 5.69 Å². The van der Waals surface area contributed by atoms with Crippen LogP contribution in [0, 0.1) is 0 Å². The van der Waals surface area contributed by atoms with Crippen LogP contribution in [0.4, 0.5) is 11.5 Å². The van der Waals surface area contributed by atoms with Gasteiger partial charge in [0.1, 0.15) is 5.82 Å². The molecule has 0 spiro atoms. The quantitative estimate of drug-likeness (QED) is 0.758. The first kappa shape index (κ1) is 11.7. The standard InChI is InChI=1S/C16H17N3/c1-18(2)15-9-4-3-8-13(15)14-11-12-7-5-6-10-19(12)16(14)17/h3-11H,17H2,1-2H3. The molecule has 2 N–H and O–H groups in total. The second-order valence-corrected chi connectivity index (χ2v) is 4.85. The van der Waals surface area contributed by atoms with Crippen molar-refractivity contribution in [1.82, 2.24) is 4.40 Å². The highest BCUT2D eigenvalue weighted by Gasteiger charge is 2.12. The van der Waals surface area contributed by atoms with Crippen molar-refractivity contribution in [1.29, 1.82) is 0 Å². The summed E-state index contributed by atoms with van der Waals surface area (Å²) in [5.41, 5.74) is 10.8. The fraction of sp³-hybridized carbons (Fsp3) is 0.125. The SMILES string of the molecule is CN(C)c1ccccc1-c1cc2ccccn2c1N. The molecule has 0 unspecified atom stereocenters. The Morgan fingerprint density at radius 3 is 2.42 bits per heavy atom. The highest BCUT2D eigenvalue weighted by atomic mass is 15.1. The number of nitrogens with two attached hydrogens (primary N) is 1. The summed E-state index contributed by atoms with van der Waals surface area (Å²) in [5, 5.41) is 0. The van der Waals surface area contributed by atoms with E-state index in [2.05, 4.69) is 29.2 Å². The van der Waals surface area contributed by atoms with Crippen molar-refractivity contribution in [3.05, 3.63) is 54.7 Å². The maximum Gasteiger partial charge on any atom is 0.116 e. The number of benzene rings is 1. The minimum Gasteiger partial charge on any atom is -0.384 e. The zero-order chi connectivity index (χ0) is 13.4. The lowest BCUT2D eigenvalue weighted by Crippen LogP contribution is -2.09. The molecule has 0 bridgehead atoms. The molecular weight excluding hydrogens is 234 g/mol. The molecule has 0 radical (unpaired) electrons. The second kappa shape index (κ2) is 4.35. The predicted octanol–water partition coefficient (Wildman–Crippen LogP) is 3.25. The van der Waals surface area contributed by atoms with Gasteiger partial charge in [0.15, 0.2) is 0 Å². The number of pyridine rings is 1. The van der Waals surface area contributed by atoms with Crippen molar-refractivity contribution in [2.75, 3.05) is 24.7 Å². The van der Waals surface area contributed by atoms with Crippen LogP contribution in [0.5, 0.6) is 0 Å². The lowest BCUT2D eigenvalue weighted by molar-refractivity contribution is 1.13. The van der Waals surface area contributed by atoms with Crippen LogP contribution in [0.3, 0.4) is 0 Å². The summed E-state index contributed by atoms with van der Waals surface area (Å²) >= 11 is 0. The molecular formula is C16H17N3. The first-order valence-electron chi connectivity index (χ1n) is 6.31. The highest BCUT2D eigenvalue weighted by Crippen LogP contribution is 2.35. The molecule has 3 heteroatoms. The molecule has 1 aromatic carbocycles. The summed E-state index contributed by atoms with van der Waals surface area (Å²) in [5.74, 6) is 0.782. The van der Waals surface area contributed by atoms with E-state index in [-0.39, 0.29) is 0 Å². The summed E-state index contributed by atoms with van der Waals surface area (Å²) in [4.78, 5) is 2.11. The van der Waals surface area contributed by atoms with E-state index in [4.69, 9.17) is 5.73 Å². The minimum absolute atomic E-state index is 0.782. The van der Waals surface area contributed by atoms with Crippen molar-refractivity contribution in [2.24, 2.45) is 0 Å². The Bertz CT molecular complexity index is 726. The average molecular weight is 251 g/mol. The molecule has 0 aliphatic heterocycles. The number of nitrogens with zero attached hydrogens (tertiary/aromatic N) is 2. The normalized spacial score (nSPS) is 10.8. The number of hydrogen-bond acceptors (Lipinski definition) is 2. The highest BCUT2D eigenvalue weighted by molar-refractivity contribution is 5.88. The molecule has 0 fully saturated rings. The first-order chi connectivity index (χ1) is 9.18. The molecule has 3 aromatic rings. The molecule has 96 valence electrons. The summed E-state index contributed by atoms with van der Waals surface area (Å²) in [7, 11) is 4.09. The number of hydrogen-bond donors (Lipinski definition) is 1. The minimum atomic E-state index is 0.782. The maximum atomic E-state index is 6.28. The molecule has 0 saturated heterocycles. The topological polar surface area (TPSA) is 33.7 Å². The third kappa shape index (κ3) is 1.83. The van der Waals surface area contributed by atoms with Gasteiger partial charge in [-0.1, -0.05) is 24.3 Å². The second-order valence-electron chi connectivity index (χ2n) is 4.85. The van der Waals surface area contributed by atoms with Crippen molar-refractivity contribution in [3.63, 3.8) is 0 Å². The molecule has 2 aromatic heterocycles. The Kier molecular flexibility index (Phi) is 2.67. The fourth-order valence-electron chi connectivity index (χ4n) is 2.45. The predicted molar refractivity (Wildman–Crippen MR) is 81.6 cm³/mol. The Labute approximate surface area is 112 Å². The van der Waals surface area contributed by atoms with Gasteiger partial charge >= 0.3 is 0 Å². The number of anilines is 2. The van der Waals surface area contributed by atoms with Gasteiger partial charge in [0.05, 0.1) is 0 Å². The van der Waals surface area contributed by atoms with Crippen molar-refractivity contribution in [3.8, 4) is 11.1 Å². The van der Waals surface area contributed by atoms with Crippen LogP contribution in [0.15, 0.2) is 54.7 Å². The van der Waals surface area contributed by atoms with E-state index >= 15 is 0 Å². The van der Waals surface area contributed by atoms with Crippen molar-refractivity contribution in [2.45, 2.75) is 0 Å². The number of para-hydroxylation sites is 1. The number of aromatic nitrogens is 1. The van der Waals surface area contributed by atoms with Gasteiger partial charge in [0.2, 0.25) is 0 Å². The van der Waals surface area contributed by atoms with Gasteiger partial charge in [-0.2, -0.15) is 0 Å². The molecule has 3 rings (SSSR count). The molecule has 0 amide bonds. The smallest absolute Gasteiger partial charge is 0.116 e. The van der Waals surface area contributed by atoms with Gasteiger partial charge in [0, 0.05) is 42.6 Å². The van der Waals surface area contributed by atoms with Crippen LogP contribution >= 0.6 is 0 Å². The van der Waals surface area contributed by atoms with Crippen LogP contribution < -0.4 is 10.6 Å². The molecule has 2 heterocycles. The summed E-state index contributed by atoms with van der Waals surface area (Å²) in [6.07, 6.45) is 1.99. The Morgan fingerprint density at radius 1 is 0.947 bits per heavy atom. The van der Waals surface area contributed by atoms with E-state index in [0.717, 1.165) is 22.5 Å². The third-order valence-corrected chi connectivity index (χ3v) is 3.40. The van der Waals surface area contributed by atoms with E-state index in [1.807, 2.05) is 49.0 Å². The lowest BCUT2D eigenvalue weighted by atomic mass is 10.1. The first-order valence-corrected chi connectivity index (χ1v) is 6.31. The van der Waals surface area contributed by atoms with Crippen molar-refractivity contribution < 1.29 is 0 Å². The van der Waals surface area contributed by atoms with Gasteiger partial charge in [-0.05, 0) is 24.3 Å². The largest absolute Gasteiger partial charge is 0.384 e. The molecule has 19 heavy (non-hydrogen) atoms. The monoisotopic (exact) mass is 251 g/mol. The van der Waals surface area contributed by atoms with Gasteiger partial charge in [-0.15, -0.1) is 0 Å². The van der Waals surface area contributed by atoms with E-state index in [0.29, 0.717) is 0 Å².